The van der Waals surface area contributed by atoms with Gasteiger partial charge in [-0.25, -0.2) is 5.01 Å². The average Bonchev–Trinajstić information content (AvgIpc) is 2.06. The van der Waals surface area contributed by atoms with Gasteiger partial charge in [0.1, 0.15) is 0 Å². The van der Waals surface area contributed by atoms with Gasteiger partial charge < -0.3 is 10.5 Å². The van der Waals surface area contributed by atoms with Gasteiger partial charge in [-0.05, 0) is 0 Å². The van der Waals surface area contributed by atoms with Gasteiger partial charge in [0.05, 0.1) is 19.8 Å². The topological polar surface area (TPSA) is 67.6 Å². The molecule has 0 aliphatic carbocycles. The molecule has 1 aliphatic rings. The molecule has 3 N–H and O–H groups in total. The largest absolute Gasteiger partial charge is 0.379 e. The molecule has 0 saturated carbocycles. The van der Waals surface area contributed by atoms with Crippen molar-refractivity contribution in [3.63, 3.8) is 0 Å². The van der Waals surface area contributed by atoms with Crippen LogP contribution in [-0.4, -0.2) is 43.8 Å². The third-order valence-corrected chi connectivity index (χ3v) is 1.48. The van der Waals surface area contributed by atoms with Crippen LogP contribution in [0.2, 0.25) is 0 Å². The molecule has 6 heteroatoms. The molecule has 0 radical (unpaired) electrons. The molecular formula is C6H14ClN3O2. The summed E-state index contributed by atoms with van der Waals surface area (Å²) in [6.07, 6.45) is 0. The predicted molar refractivity (Wildman–Crippen MR) is 46.8 cm³/mol. The highest BCUT2D eigenvalue weighted by atomic mass is 35.5. The summed E-state index contributed by atoms with van der Waals surface area (Å²) in [5.74, 6) is -0.146. The van der Waals surface area contributed by atoms with Gasteiger partial charge in [0.15, 0.2) is 0 Å². The first-order valence-electron chi connectivity index (χ1n) is 3.65. The molecule has 0 unspecified atom stereocenters. The van der Waals surface area contributed by atoms with Gasteiger partial charge in [-0.3, -0.25) is 10.2 Å². The maximum absolute atomic E-state index is 10.8. The predicted octanol–water partition coefficient (Wildman–Crippen LogP) is -1.27. The molecular weight excluding hydrogens is 182 g/mol. The van der Waals surface area contributed by atoms with E-state index in [2.05, 4.69) is 5.43 Å². The van der Waals surface area contributed by atoms with Gasteiger partial charge in [-0.15, -0.1) is 12.4 Å². The first-order valence-corrected chi connectivity index (χ1v) is 3.65. The minimum Gasteiger partial charge on any atom is -0.379 e. The van der Waals surface area contributed by atoms with Crippen molar-refractivity contribution in [2.24, 2.45) is 5.73 Å². The average molecular weight is 196 g/mol. The monoisotopic (exact) mass is 195 g/mol. The SMILES string of the molecule is Cl.NCC(=O)NN1CCOCC1. The van der Waals surface area contributed by atoms with E-state index in [0.29, 0.717) is 13.2 Å². The van der Waals surface area contributed by atoms with Crippen LogP contribution in [0, 0.1) is 0 Å². The van der Waals surface area contributed by atoms with E-state index < -0.39 is 0 Å². The van der Waals surface area contributed by atoms with Crippen LogP contribution < -0.4 is 11.2 Å². The number of hydrogen-bond acceptors (Lipinski definition) is 4. The molecule has 72 valence electrons. The van der Waals surface area contributed by atoms with Crippen LogP contribution in [0.3, 0.4) is 0 Å². The van der Waals surface area contributed by atoms with E-state index in [1.54, 1.807) is 0 Å². The van der Waals surface area contributed by atoms with Gasteiger partial charge in [0.25, 0.3) is 0 Å². The van der Waals surface area contributed by atoms with Gasteiger partial charge in [-0.2, -0.15) is 0 Å². The van der Waals surface area contributed by atoms with Crippen molar-refractivity contribution in [1.29, 1.82) is 0 Å². The third-order valence-electron chi connectivity index (χ3n) is 1.48. The Morgan fingerprint density at radius 2 is 2.08 bits per heavy atom. The summed E-state index contributed by atoms with van der Waals surface area (Å²) in [5, 5.41) is 1.82. The number of morpholine rings is 1. The molecule has 1 aliphatic heterocycles. The zero-order chi connectivity index (χ0) is 8.10. The number of halogens is 1. The Morgan fingerprint density at radius 3 is 2.58 bits per heavy atom. The first-order chi connectivity index (χ1) is 5.33. The fourth-order valence-corrected chi connectivity index (χ4v) is 0.897. The number of carbonyl (C=O) groups is 1. The Hall–Kier alpha value is -0.360. The number of hydrazine groups is 1. The maximum atomic E-state index is 10.8. The highest BCUT2D eigenvalue weighted by Crippen LogP contribution is 1.91. The summed E-state index contributed by atoms with van der Waals surface area (Å²) in [6.45, 7) is 2.87. The Kier molecular flexibility index (Phi) is 6.00. The highest BCUT2D eigenvalue weighted by molar-refractivity contribution is 5.85. The van der Waals surface area contributed by atoms with E-state index in [1.165, 1.54) is 0 Å². The smallest absolute Gasteiger partial charge is 0.248 e. The summed E-state index contributed by atoms with van der Waals surface area (Å²) in [7, 11) is 0. The number of nitrogens with zero attached hydrogens (tertiary/aromatic N) is 1. The lowest BCUT2D eigenvalue weighted by atomic mass is 10.5. The maximum Gasteiger partial charge on any atom is 0.248 e. The number of carbonyl (C=O) groups excluding carboxylic acids is 1. The van der Waals surface area contributed by atoms with Crippen molar-refractivity contribution >= 4 is 18.3 Å². The zero-order valence-corrected chi connectivity index (χ0v) is 7.60. The molecule has 1 amide bonds. The lowest BCUT2D eigenvalue weighted by molar-refractivity contribution is -0.126. The number of nitrogens with one attached hydrogen (secondary N) is 1. The molecule has 0 spiro atoms. The molecule has 0 bridgehead atoms. The lowest BCUT2D eigenvalue weighted by Crippen LogP contribution is -2.50. The number of rotatable bonds is 2. The second-order valence-corrected chi connectivity index (χ2v) is 2.34. The van der Waals surface area contributed by atoms with E-state index in [4.69, 9.17) is 10.5 Å². The van der Waals surface area contributed by atoms with Crippen molar-refractivity contribution in [2.45, 2.75) is 0 Å². The van der Waals surface area contributed by atoms with E-state index in [1.807, 2.05) is 5.01 Å². The quantitative estimate of drug-likeness (QED) is 0.577. The second-order valence-electron chi connectivity index (χ2n) is 2.34. The Bertz CT molecular complexity index is 139. The van der Waals surface area contributed by atoms with Gasteiger partial charge >= 0.3 is 0 Å². The fourth-order valence-electron chi connectivity index (χ4n) is 0.897. The molecule has 0 aromatic heterocycles. The van der Waals surface area contributed by atoms with Crippen LogP contribution in [0.25, 0.3) is 0 Å². The van der Waals surface area contributed by atoms with Crippen molar-refractivity contribution in [3.05, 3.63) is 0 Å². The van der Waals surface area contributed by atoms with Crippen molar-refractivity contribution in [3.8, 4) is 0 Å². The van der Waals surface area contributed by atoms with Gasteiger partial charge in [0.2, 0.25) is 5.91 Å². The summed E-state index contributed by atoms with van der Waals surface area (Å²) in [5.41, 5.74) is 7.78. The number of ether oxygens (including phenoxy) is 1. The standard InChI is InChI=1S/C6H13N3O2.ClH/c7-5-6(10)8-9-1-3-11-4-2-9;/h1-5,7H2,(H,8,10);1H. The summed E-state index contributed by atoms with van der Waals surface area (Å²) >= 11 is 0. The summed E-state index contributed by atoms with van der Waals surface area (Å²) < 4.78 is 5.09. The van der Waals surface area contributed by atoms with Crippen molar-refractivity contribution in [2.75, 3.05) is 32.8 Å². The summed E-state index contributed by atoms with van der Waals surface area (Å²) in [4.78, 5) is 10.8. The van der Waals surface area contributed by atoms with E-state index in [-0.39, 0.29) is 24.9 Å². The number of amides is 1. The van der Waals surface area contributed by atoms with Crippen molar-refractivity contribution < 1.29 is 9.53 Å². The molecule has 1 fully saturated rings. The Labute approximate surface area is 77.6 Å². The molecule has 12 heavy (non-hydrogen) atoms. The Morgan fingerprint density at radius 1 is 1.50 bits per heavy atom. The third kappa shape index (κ3) is 3.87. The molecule has 0 aromatic rings. The van der Waals surface area contributed by atoms with Crippen LogP contribution in [0.4, 0.5) is 0 Å². The van der Waals surface area contributed by atoms with Gasteiger partial charge in [-0.1, -0.05) is 0 Å². The zero-order valence-electron chi connectivity index (χ0n) is 6.78. The lowest BCUT2D eigenvalue weighted by Gasteiger charge is -2.26. The van der Waals surface area contributed by atoms with Crippen LogP contribution in [0.15, 0.2) is 0 Å². The minimum absolute atomic E-state index is 0. The van der Waals surface area contributed by atoms with Crippen molar-refractivity contribution in [1.82, 2.24) is 10.4 Å². The van der Waals surface area contributed by atoms with Crippen LogP contribution in [0.1, 0.15) is 0 Å². The normalized spacial score (nSPS) is 18.1. The van der Waals surface area contributed by atoms with Gasteiger partial charge in [0, 0.05) is 13.1 Å². The first kappa shape index (κ1) is 11.6. The van der Waals surface area contributed by atoms with E-state index in [0.717, 1.165) is 13.1 Å². The van der Waals surface area contributed by atoms with Crippen LogP contribution >= 0.6 is 12.4 Å². The van der Waals surface area contributed by atoms with E-state index >= 15 is 0 Å². The highest BCUT2D eigenvalue weighted by Gasteiger charge is 2.11. The summed E-state index contributed by atoms with van der Waals surface area (Å²) in [6, 6.07) is 0. The second kappa shape index (κ2) is 6.19. The number of nitrogens with two attached hydrogens (primary N) is 1. The fraction of sp³-hybridized carbons (Fsp3) is 0.833. The Balaban J connectivity index is 0.00000121. The molecule has 5 nitrogen and oxygen atoms in total. The van der Waals surface area contributed by atoms with Crippen LogP contribution in [0.5, 0.6) is 0 Å². The van der Waals surface area contributed by atoms with Crippen LogP contribution in [-0.2, 0) is 9.53 Å². The van der Waals surface area contributed by atoms with E-state index in [9.17, 15) is 4.79 Å². The minimum atomic E-state index is -0.146. The number of hydrogen-bond donors (Lipinski definition) is 2. The molecule has 0 aromatic carbocycles. The molecule has 1 saturated heterocycles. The molecule has 1 rings (SSSR count). The molecule has 0 atom stereocenters. The molecule has 1 heterocycles.